The van der Waals surface area contributed by atoms with Crippen LogP contribution in [-0.4, -0.2) is 11.6 Å². The first kappa shape index (κ1) is 9.89. The summed E-state index contributed by atoms with van der Waals surface area (Å²) in [4.78, 5) is 8.58. The molecule has 0 fully saturated rings. The van der Waals surface area contributed by atoms with Crippen molar-refractivity contribution in [3.8, 4) is 11.5 Å². The van der Waals surface area contributed by atoms with E-state index in [9.17, 15) is 0 Å². The lowest BCUT2D eigenvalue weighted by molar-refractivity contribution is 0.141. The van der Waals surface area contributed by atoms with Crippen LogP contribution in [0.2, 0.25) is 0 Å². The highest BCUT2D eigenvalue weighted by Gasteiger charge is 2.01. The number of rotatable bonds is 4. The Kier molecular flexibility index (Phi) is 3.11. The third kappa shape index (κ3) is 2.43. The second-order valence-electron chi connectivity index (χ2n) is 3.15. The van der Waals surface area contributed by atoms with Crippen LogP contribution < -0.4 is 5.90 Å². The van der Waals surface area contributed by atoms with E-state index in [0.29, 0.717) is 12.5 Å². The van der Waals surface area contributed by atoms with E-state index in [-0.39, 0.29) is 0 Å². The zero-order valence-corrected chi connectivity index (χ0v) is 8.22. The van der Waals surface area contributed by atoms with Gasteiger partial charge in [0.15, 0.2) is 0 Å². The van der Waals surface area contributed by atoms with Crippen molar-refractivity contribution in [2.75, 3.05) is 6.61 Å². The summed E-state index contributed by atoms with van der Waals surface area (Å²) in [5.74, 6) is 5.59. The molecule has 0 aliphatic rings. The smallest absolute Gasteiger partial charge is 0.225 e. The number of hydrogen-bond acceptors (Lipinski definition) is 4. The third-order valence-electron chi connectivity index (χ3n) is 2.14. The largest absolute Gasteiger partial charge is 0.445 e. The standard InChI is InChI=1S/C11H12N2O2/c12-15-7-5-9-1-3-10(4-2-9)11-13-6-8-14-11/h1-4,6,8H,5,7,12H2. The second-order valence-corrected chi connectivity index (χ2v) is 3.15. The second kappa shape index (κ2) is 4.72. The fraction of sp³-hybridized carbons (Fsp3) is 0.182. The van der Waals surface area contributed by atoms with Gasteiger partial charge in [-0.2, -0.15) is 0 Å². The van der Waals surface area contributed by atoms with Gasteiger partial charge in [-0.05, 0) is 24.1 Å². The molecule has 0 aliphatic carbocycles. The van der Waals surface area contributed by atoms with Gasteiger partial charge >= 0.3 is 0 Å². The van der Waals surface area contributed by atoms with E-state index >= 15 is 0 Å². The van der Waals surface area contributed by atoms with Crippen molar-refractivity contribution in [1.82, 2.24) is 4.98 Å². The minimum absolute atomic E-state index is 0.526. The van der Waals surface area contributed by atoms with Gasteiger partial charge in [-0.3, -0.25) is 0 Å². The van der Waals surface area contributed by atoms with Crippen LogP contribution in [-0.2, 0) is 11.3 Å². The summed E-state index contributed by atoms with van der Waals surface area (Å²) in [7, 11) is 0. The Bertz CT molecular complexity index is 395. The maximum Gasteiger partial charge on any atom is 0.225 e. The molecule has 78 valence electrons. The summed E-state index contributed by atoms with van der Waals surface area (Å²) in [5, 5.41) is 0. The molecule has 0 aliphatic heterocycles. The topological polar surface area (TPSA) is 61.3 Å². The van der Waals surface area contributed by atoms with Gasteiger partial charge in [-0.1, -0.05) is 12.1 Å². The van der Waals surface area contributed by atoms with Crippen molar-refractivity contribution in [3.63, 3.8) is 0 Å². The number of oxazole rings is 1. The highest BCUT2D eigenvalue weighted by atomic mass is 16.6. The Balaban J connectivity index is 2.11. The molecule has 1 aromatic heterocycles. The number of hydrogen-bond donors (Lipinski definition) is 1. The van der Waals surface area contributed by atoms with Crippen molar-refractivity contribution in [3.05, 3.63) is 42.3 Å². The molecule has 0 atom stereocenters. The van der Waals surface area contributed by atoms with E-state index in [1.54, 1.807) is 12.5 Å². The number of nitrogens with zero attached hydrogens (tertiary/aromatic N) is 1. The number of nitrogens with two attached hydrogens (primary N) is 1. The molecule has 0 amide bonds. The van der Waals surface area contributed by atoms with Gasteiger partial charge in [0, 0.05) is 5.56 Å². The highest BCUT2D eigenvalue weighted by molar-refractivity contribution is 5.53. The average Bonchev–Trinajstić information content (AvgIpc) is 2.80. The van der Waals surface area contributed by atoms with Gasteiger partial charge < -0.3 is 9.25 Å². The molecule has 1 heterocycles. The maximum absolute atomic E-state index is 5.18. The summed E-state index contributed by atoms with van der Waals surface area (Å²) in [5.41, 5.74) is 2.15. The van der Waals surface area contributed by atoms with Crippen LogP contribution in [0.25, 0.3) is 11.5 Å². The van der Waals surface area contributed by atoms with Crippen molar-refractivity contribution >= 4 is 0 Å². The predicted octanol–water partition coefficient (Wildman–Crippen LogP) is 1.77. The van der Waals surface area contributed by atoms with Gasteiger partial charge in [0.05, 0.1) is 12.8 Å². The Morgan fingerprint density at radius 2 is 2.07 bits per heavy atom. The molecule has 0 spiro atoms. The minimum atomic E-state index is 0.526. The lowest BCUT2D eigenvalue weighted by atomic mass is 10.1. The maximum atomic E-state index is 5.18. The van der Waals surface area contributed by atoms with E-state index in [2.05, 4.69) is 9.82 Å². The van der Waals surface area contributed by atoms with E-state index in [4.69, 9.17) is 10.3 Å². The first-order valence-corrected chi connectivity index (χ1v) is 4.70. The average molecular weight is 204 g/mol. The number of benzene rings is 1. The quantitative estimate of drug-likeness (QED) is 0.771. The lowest BCUT2D eigenvalue weighted by Crippen LogP contribution is -2.03. The first-order valence-electron chi connectivity index (χ1n) is 4.70. The zero-order valence-electron chi connectivity index (χ0n) is 8.22. The van der Waals surface area contributed by atoms with Crippen molar-refractivity contribution < 1.29 is 9.25 Å². The monoisotopic (exact) mass is 204 g/mol. The molecule has 4 heteroatoms. The fourth-order valence-electron chi connectivity index (χ4n) is 1.36. The Morgan fingerprint density at radius 1 is 1.27 bits per heavy atom. The van der Waals surface area contributed by atoms with Gasteiger partial charge in [0.25, 0.3) is 0 Å². The van der Waals surface area contributed by atoms with E-state index in [0.717, 1.165) is 12.0 Å². The molecule has 2 N–H and O–H groups in total. The summed E-state index contributed by atoms with van der Waals surface area (Å²) in [6, 6.07) is 7.96. The van der Waals surface area contributed by atoms with Crippen LogP contribution in [0.15, 0.2) is 41.1 Å². The SMILES string of the molecule is NOCCc1ccc(-c2ncco2)cc1. The fourth-order valence-corrected chi connectivity index (χ4v) is 1.36. The van der Waals surface area contributed by atoms with Crippen LogP contribution in [0.5, 0.6) is 0 Å². The minimum Gasteiger partial charge on any atom is -0.445 e. The molecule has 0 saturated carbocycles. The van der Waals surface area contributed by atoms with Crippen molar-refractivity contribution in [1.29, 1.82) is 0 Å². The van der Waals surface area contributed by atoms with E-state index < -0.39 is 0 Å². The Hall–Kier alpha value is -1.65. The third-order valence-corrected chi connectivity index (χ3v) is 2.14. The van der Waals surface area contributed by atoms with Crippen LogP contribution in [0, 0.1) is 0 Å². The Morgan fingerprint density at radius 3 is 2.67 bits per heavy atom. The molecule has 1 aromatic carbocycles. The summed E-state index contributed by atoms with van der Waals surface area (Å²) in [6.07, 6.45) is 4.00. The molecule has 15 heavy (non-hydrogen) atoms. The lowest BCUT2D eigenvalue weighted by Gasteiger charge is -2.00. The molecule has 0 radical (unpaired) electrons. The molecule has 0 saturated heterocycles. The highest BCUT2D eigenvalue weighted by Crippen LogP contribution is 2.17. The molecular formula is C11H12N2O2. The van der Waals surface area contributed by atoms with E-state index in [1.165, 1.54) is 5.56 Å². The van der Waals surface area contributed by atoms with Gasteiger partial charge in [0.1, 0.15) is 6.26 Å². The van der Waals surface area contributed by atoms with Crippen LogP contribution in [0.3, 0.4) is 0 Å². The molecule has 4 nitrogen and oxygen atoms in total. The van der Waals surface area contributed by atoms with Crippen molar-refractivity contribution in [2.45, 2.75) is 6.42 Å². The molecule has 2 rings (SSSR count). The molecular weight excluding hydrogens is 192 g/mol. The van der Waals surface area contributed by atoms with Gasteiger partial charge in [-0.15, -0.1) is 0 Å². The summed E-state index contributed by atoms with van der Waals surface area (Å²) < 4.78 is 5.18. The zero-order chi connectivity index (χ0) is 10.5. The van der Waals surface area contributed by atoms with Crippen molar-refractivity contribution in [2.24, 2.45) is 5.90 Å². The predicted molar refractivity (Wildman–Crippen MR) is 55.8 cm³/mol. The van der Waals surface area contributed by atoms with Gasteiger partial charge in [0.2, 0.25) is 5.89 Å². The van der Waals surface area contributed by atoms with Crippen LogP contribution in [0.1, 0.15) is 5.56 Å². The summed E-state index contributed by atoms with van der Waals surface area (Å²) in [6.45, 7) is 0.526. The van der Waals surface area contributed by atoms with Gasteiger partial charge in [-0.25, -0.2) is 10.9 Å². The first-order chi connectivity index (χ1) is 7.40. The molecule has 2 aromatic rings. The van der Waals surface area contributed by atoms with Crippen LogP contribution >= 0.6 is 0 Å². The molecule has 0 unspecified atom stereocenters. The summed E-state index contributed by atoms with van der Waals surface area (Å²) >= 11 is 0. The van der Waals surface area contributed by atoms with E-state index in [1.807, 2.05) is 24.3 Å². The molecule has 0 bridgehead atoms. The normalized spacial score (nSPS) is 10.5. The van der Waals surface area contributed by atoms with Crippen LogP contribution in [0.4, 0.5) is 0 Å². The number of aromatic nitrogens is 1. The Labute approximate surface area is 87.6 Å².